The highest BCUT2D eigenvalue weighted by molar-refractivity contribution is 9.10. The van der Waals surface area contributed by atoms with Crippen LogP contribution in [-0.2, 0) is 14.3 Å². The number of esters is 1. The number of benzene rings is 2. The Bertz CT molecular complexity index is 1150. The van der Waals surface area contributed by atoms with Gasteiger partial charge >= 0.3 is 5.97 Å². The molecule has 1 aliphatic carbocycles. The lowest BCUT2D eigenvalue weighted by atomic mass is 9.68. The monoisotopic (exact) mass is 498 g/mol. The molecule has 2 aromatic carbocycles. The molecule has 7 heteroatoms. The highest BCUT2D eigenvalue weighted by Gasteiger charge is 2.46. The number of hydrogen-bond acceptors (Lipinski definition) is 5. The van der Waals surface area contributed by atoms with Crippen molar-refractivity contribution in [3.05, 3.63) is 87.0 Å². The van der Waals surface area contributed by atoms with E-state index in [2.05, 4.69) is 15.9 Å². The van der Waals surface area contributed by atoms with Crippen molar-refractivity contribution in [2.75, 3.05) is 12.0 Å². The van der Waals surface area contributed by atoms with E-state index in [1.54, 1.807) is 17.0 Å². The summed E-state index contributed by atoms with van der Waals surface area (Å²) in [7, 11) is 1.29. The van der Waals surface area contributed by atoms with E-state index >= 15 is 0 Å². The molecule has 5 nitrogen and oxygen atoms in total. The fourth-order valence-electron chi connectivity index (χ4n) is 4.59. The predicted octanol–water partition coefficient (Wildman–Crippen LogP) is 5.18. The normalized spacial score (nSPS) is 20.3. The summed E-state index contributed by atoms with van der Waals surface area (Å²) >= 11 is 3.43. The predicted molar refractivity (Wildman–Crippen MR) is 124 cm³/mol. The zero-order chi connectivity index (χ0) is 23.2. The third kappa shape index (κ3) is 3.86. The van der Waals surface area contributed by atoms with Crippen molar-refractivity contribution in [3.63, 3.8) is 0 Å². The molecule has 1 atom stereocenters. The maximum Gasteiger partial charge on any atom is 0.338 e. The number of nitrogens with two attached hydrogens (primary N) is 1. The Morgan fingerprint density at radius 3 is 2.34 bits per heavy atom. The summed E-state index contributed by atoms with van der Waals surface area (Å²) < 4.78 is 19.6. The second-order valence-electron chi connectivity index (χ2n) is 8.89. The molecule has 1 aliphatic heterocycles. The number of methoxy groups -OCH3 is 1. The average molecular weight is 499 g/mol. The van der Waals surface area contributed by atoms with Crippen LogP contribution in [0.2, 0.25) is 0 Å². The van der Waals surface area contributed by atoms with Gasteiger partial charge in [-0.05, 0) is 53.8 Å². The summed E-state index contributed by atoms with van der Waals surface area (Å²) in [5.74, 6) is -1.49. The Balaban J connectivity index is 2.02. The van der Waals surface area contributed by atoms with Crippen molar-refractivity contribution >= 4 is 33.4 Å². The Morgan fingerprint density at radius 2 is 1.75 bits per heavy atom. The Morgan fingerprint density at radius 1 is 1.12 bits per heavy atom. The third-order valence-electron chi connectivity index (χ3n) is 5.95. The molecule has 0 amide bonds. The first-order valence-corrected chi connectivity index (χ1v) is 11.1. The van der Waals surface area contributed by atoms with Gasteiger partial charge in [-0.2, -0.15) is 0 Å². The van der Waals surface area contributed by atoms with Crippen molar-refractivity contribution in [1.29, 1.82) is 0 Å². The van der Waals surface area contributed by atoms with Crippen LogP contribution in [0.1, 0.15) is 38.2 Å². The SMILES string of the molecule is COC(=O)C1=C(N)N(c2ccc(F)cc2)C2=C(C(=O)CC(C)(C)C2)[C@@H]1c1ccc(Br)cc1. The molecule has 1 heterocycles. The molecule has 2 aliphatic rings. The number of ketones is 1. The molecule has 4 rings (SSSR count). The maximum absolute atomic E-state index is 13.6. The fraction of sp³-hybridized carbons (Fsp3) is 0.280. The number of ether oxygens (including phenoxy) is 1. The topological polar surface area (TPSA) is 72.6 Å². The van der Waals surface area contributed by atoms with Gasteiger partial charge in [0.15, 0.2) is 5.78 Å². The minimum atomic E-state index is -0.647. The van der Waals surface area contributed by atoms with Crippen molar-refractivity contribution in [1.82, 2.24) is 0 Å². The van der Waals surface area contributed by atoms with E-state index in [1.165, 1.54) is 19.2 Å². The number of hydrogen-bond donors (Lipinski definition) is 1. The first kappa shape index (κ1) is 22.3. The smallest absolute Gasteiger partial charge is 0.338 e. The molecule has 0 fully saturated rings. The van der Waals surface area contributed by atoms with Crippen LogP contribution in [0.4, 0.5) is 10.1 Å². The van der Waals surface area contributed by atoms with Crippen LogP contribution in [0.15, 0.2) is 75.7 Å². The zero-order valence-electron chi connectivity index (χ0n) is 18.1. The third-order valence-corrected chi connectivity index (χ3v) is 6.48. The van der Waals surface area contributed by atoms with E-state index in [-0.39, 0.29) is 28.4 Å². The van der Waals surface area contributed by atoms with Crippen molar-refractivity contribution in [2.24, 2.45) is 11.1 Å². The lowest BCUT2D eigenvalue weighted by Gasteiger charge is -2.44. The summed E-state index contributed by atoms with van der Waals surface area (Å²) in [6, 6.07) is 13.3. The van der Waals surface area contributed by atoms with Crippen LogP contribution in [0, 0.1) is 11.2 Å². The second kappa shape index (κ2) is 8.20. The molecular weight excluding hydrogens is 475 g/mol. The minimum Gasteiger partial charge on any atom is -0.466 e. The molecule has 2 N–H and O–H groups in total. The molecule has 32 heavy (non-hydrogen) atoms. The molecule has 0 radical (unpaired) electrons. The van der Waals surface area contributed by atoms with Gasteiger partial charge in [-0.3, -0.25) is 9.69 Å². The summed E-state index contributed by atoms with van der Waals surface area (Å²) in [5, 5.41) is 0. The van der Waals surface area contributed by atoms with Gasteiger partial charge in [-0.1, -0.05) is 41.9 Å². The standard InChI is InChI=1S/C25H24BrFN2O3/c1-25(2)12-18-21(19(30)13-25)20(14-4-6-15(26)7-5-14)22(24(31)32-3)23(28)29(18)17-10-8-16(27)9-11-17/h4-11,20H,12-13,28H2,1-3H3/t20-/m0/s1. The lowest BCUT2D eigenvalue weighted by Crippen LogP contribution is -2.43. The summed E-state index contributed by atoms with van der Waals surface area (Å²) in [5.41, 5.74) is 9.15. The van der Waals surface area contributed by atoms with Gasteiger partial charge in [0, 0.05) is 27.9 Å². The molecule has 0 unspecified atom stereocenters. The number of nitrogens with zero attached hydrogens (tertiary/aromatic N) is 1. The molecule has 2 aromatic rings. The van der Waals surface area contributed by atoms with Crippen molar-refractivity contribution < 1.29 is 18.7 Å². The molecule has 166 valence electrons. The van der Waals surface area contributed by atoms with Crippen LogP contribution < -0.4 is 10.6 Å². The summed E-state index contributed by atoms with van der Waals surface area (Å²) in [6.45, 7) is 4.06. The van der Waals surface area contributed by atoms with Gasteiger partial charge in [0.05, 0.1) is 18.6 Å². The van der Waals surface area contributed by atoms with Gasteiger partial charge in [-0.25, -0.2) is 9.18 Å². The van der Waals surface area contributed by atoms with Crippen LogP contribution in [0.3, 0.4) is 0 Å². The van der Waals surface area contributed by atoms with Crippen LogP contribution in [0.25, 0.3) is 0 Å². The number of carbonyl (C=O) groups is 2. The molecule has 0 bridgehead atoms. The first-order valence-electron chi connectivity index (χ1n) is 10.3. The first-order chi connectivity index (χ1) is 15.1. The van der Waals surface area contributed by atoms with Crippen molar-refractivity contribution in [3.8, 4) is 0 Å². The molecular formula is C25H24BrFN2O3. The molecule has 0 saturated heterocycles. The maximum atomic E-state index is 13.6. The quantitative estimate of drug-likeness (QED) is 0.590. The van der Waals surface area contributed by atoms with Crippen LogP contribution in [0.5, 0.6) is 0 Å². The Hall–Kier alpha value is -2.93. The van der Waals surface area contributed by atoms with Crippen LogP contribution in [-0.4, -0.2) is 18.9 Å². The highest BCUT2D eigenvalue weighted by atomic mass is 79.9. The van der Waals surface area contributed by atoms with Gasteiger partial charge in [0.2, 0.25) is 0 Å². The van der Waals surface area contributed by atoms with Crippen LogP contribution >= 0.6 is 15.9 Å². The van der Waals surface area contributed by atoms with E-state index in [0.29, 0.717) is 24.1 Å². The van der Waals surface area contributed by atoms with Crippen molar-refractivity contribution in [2.45, 2.75) is 32.6 Å². The summed E-state index contributed by atoms with van der Waals surface area (Å²) in [6.07, 6.45) is 0.929. The zero-order valence-corrected chi connectivity index (χ0v) is 19.7. The summed E-state index contributed by atoms with van der Waals surface area (Å²) in [4.78, 5) is 28.2. The molecule has 0 saturated carbocycles. The largest absolute Gasteiger partial charge is 0.466 e. The number of halogens is 2. The number of carbonyl (C=O) groups excluding carboxylic acids is 2. The van der Waals surface area contributed by atoms with E-state index < -0.39 is 11.9 Å². The van der Waals surface area contributed by atoms with Gasteiger partial charge < -0.3 is 10.5 Å². The van der Waals surface area contributed by atoms with E-state index in [4.69, 9.17) is 10.5 Å². The lowest BCUT2D eigenvalue weighted by molar-refractivity contribution is -0.136. The van der Waals surface area contributed by atoms with E-state index in [1.807, 2.05) is 38.1 Å². The van der Waals surface area contributed by atoms with Gasteiger partial charge in [-0.15, -0.1) is 0 Å². The highest BCUT2D eigenvalue weighted by Crippen LogP contribution is 2.50. The average Bonchev–Trinajstić information content (AvgIpc) is 2.73. The minimum absolute atomic E-state index is 0.0369. The van der Waals surface area contributed by atoms with E-state index in [9.17, 15) is 14.0 Å². The number of anilines is 1. The van der Waals surface area contributed by atoms with Gasteiger partial charge in [0.1, 0.15) is 11.6 Å². The fourth-order valence-corrected chi connectivity index (χ4v) is 4.86. The molecule has 0 aromatic heterocycles. The Kier molecular flexibility index (Phi) is 5.71. The number of allylic oxidation sites excluding steroid dienone is 2. The van der Waals surface area contributed by atoms with E-state index in [0.717, 1.165) is 15.7 Å². The second-order valence-corrected chi connectivity index (χ2v) is 9.80. The molecule has 0 spiro atoms. The number of rotatable bonds is 3. The Labute approximate surface area is 194 Å². The van der Waals surface area contributed by atoms with Gasteiger partial charge in [0.25, 0.3) is 0 Å². The number of Topliss-reactive ketones (excluding diaryl/α,β-unsaturated/α-hetero) is 1.